The molecule has 1 atom stereocenters. The first kappa shape index (κ1) is 20.8. The average Bonchev–Trinajstić information content (AvgIpc) is 3.15. The predicted octanol–water partition coefficient (Wildman–Crippen LogP) is 1.81. The minimum absolute atomic E-state index is 0.0538. The van der Waals surface area contributed by atoms with Crippen LogP contribution in [0.2, 0.25) is 0 Å². The third kappa shape index (κ3) is 3.80. The first-order chi connectivity index (χ1) is 13.2. The Bertz CT molecular complexity index is 864. The molecule has 0 radical (unpaired) electrons. The van der Waals surface area contributed by atoms with Gasteiger partial charge in [-0.1, -0.05) is 31.0 Å². The summed E-state index contributed by atoms with van der Waals surface area (Å²) in [6, 6.07) is 7.46. The summed E-state index contributed by atoms with van der Waals surface area (Å²) >= 11 is 0. The lowest BCUT2D eigenvalue weighted by Gasteiger charge is -2.47. The van der Waals surface area contributed by atoms with Gasteiger partial charge in [-0.2, -0.15) is 4.31 Å². The standard InChI is InChI=1S/C20H29N3O4S/c1-4-28(26,27)22-13-18(24)23(17-12-8-5-9-15(17)2)20(3,14-22)19(25)21-16-10-6-7-11-16/h5,8-9,12,16H,4,6-7,10-11,13-14H2,1-3H3,(H,21,25)/t20-/m0/s1. The van der Waals surface area contributed by atoms with Crippen molar-refractivity contribution in [3.05, 3.63) is 29.8 Å². The molecule has 2 amide bonds. The molecule has 0 aromatic heterocycles. The van der Waals surface area contributed by atoms with Gasteiger partial charge in [0.05, 0.1) is 12.3 Å². The summed E-state index contributed by atoms with van der Waals surface area (Å²) in [5.41, 5.74) is 0.194. The van der Waals surface area contributed by atoms with E-state index in [1.165, 1.54) is 4.90 Å². The van der Waals surface area contributed by atoms with Crippen molar-refractivity contribution in [1.82, 2.24) is 9.62 Å². The van der Waals surface area contributed by atoms with E-state index in [4.69, 9.17) is 0 Å². The molecule has 3 rings (SSSR count). The normalized spacial score (nSPS) is 24.5. The fraction of sp³-hybridized carbons (Fsp3) is 0.600. The van der Waals surface area contributed by atoms with Crippen molar-refractivity contribution in [2.75, 3.05) is 23.7 Å². The third-order valence-corrected chi connectivity index (χ3v) is 7.61. The van der Waals surface area contributed by atoms with Gasteiger partial charge in [0.25, 0.3) is 0 Å². The predicted molar refractivity (Wildman–Crippen MR) is 109 cm³/mol. The van der Waals surface area contributed by atoms with Crippen LogP contribution < -0.4 is 10.2 Å². The summed E-state index contributed by atoms with van der Waals surface area (Å²) in [4.78, 5) is 28.0. The number of piperazine rings is 1. The van der Waals surface area contributed by atoms with E-state index in [9.17, 15) is 18.0 Å². The molecule has 28 heavy (non-hydrogen) atoms. The zero-order chi connectivity index (χ0) is 20.5. The molecule has 1 N–H and O–H groups in total. The van der Waals surface area contributed by atoms with Gasteiger partial charge < -0.3 is 5.32 Å². The first-order valence-electron chi connectivity index (χ1n) is 9.86. The summed E-state index contributed by atoms with van der Waals surface area (Å²) in [6.45, 7) is 4.79. The van der Waals surface area contributed by atoms with Crippen LogP contribution in [0.4, 0.5) is 5.69 Å². The summed E-state index contributed by atoms with van der Waals surface area (Å²) in [7, 11) is -3.60. The van der Waals surface area contributed by atoms with Gasteiger partial charge in [-0.05, 0) is 45.2 Å². The van der Waals surface area contributed by atoms with Crippen molar-refractivity contribution < 1.29 is 18.0 Å². The Labute approximate surface area is 167 Å². The molecule has 0 unspecified atom stereocenters. The van der Waals surface area contributed by atoms with Crippen LogP contribution in [0.25, 0.3) is 0 Å². The van der Waals surface area contributed by atoms with Crippen molar-refractivity contribution in [2.24, 2.45) is 0 Å². The highest BCUT2D eigenvalue weighted by molar-refractivity contribution is 7.89. The first-order valence-corrected chi connectivity index (χ1v) is 11.5. The number of carbonyl (C=O) groups excluding carboxylic acids is 2. The molecule has 1 aromatic carbocycles. The maximum Gasteiger partial charge on any atom is 0.247 e. The van der Waals surface area contributed by atoms with E-state index in [0.717, 1.165) is 35.6 Å². The number of hydrogen-bond acceptors (Lipinski definition) is 4. The van der Waals surface area contributed by atoms with Gasteiger partial charge in [0, 0.05) is 18.3 Å². The SMILES string of the molecule is CCS(=O)(=O)N1CC(=O)N(c2ccccc2C)[C@](C)(C(=O)NC2CCCC2)C1. The van der Waals surface area contributed by atoms with Crippen LogP contribution in [-0.4, -0.2) is 55.0 Å². The molecule has 1 aliphatic carbocycles. The maximum atomic E-state index is 13.4. The Balaban J connectivity index is 2.02. The Morgan fingerprint density at radius 3 is 2.50 bits per heavy atom. The van der Waals surface area contributed by atoms with E-state index < -0.39 is 15.6 Å². The number of benzene rings is 1. The second-order valence-electron chi connectivity index (χ2n) is 7.91. The van der Waals surface area contributed by atoms with Crippen LogP contribution >= 0.6 is 0 Å². The van der Waals surface area contributed by atoms with Crippen molar-refractivity contribution >= 4 is 27.5 Å². The number of carbonyl (C=O) groups is 2. The minimum Gasteiger partial charge on any atom is -0.351 e. The van der Waals surface area contributed by atoms with Crippen molar-refractivity contribution in [1.29, 1.82) is 0 Å². The quantitative estimate of drug-likeness (QED) is 0.807. The number of nitrogens with zero attached hydrogens (tertiary/aromatic N) is 2. The molecule has 1 saturated heterocycles. The van der Waals surface area contributed by atoms with E-state index in [-0.39, 0.29) is 36.7 Å². The summed E-state index contributed by atoms with van der Waals surface area (Å²) in [6.07, 6.45) is 3.96. The highest BCUT2D eigenvalue weighted by Gasteiger charge is 2.51. The second-order valence-corrected chi connectivity index (χ2v) is 10.2. The van der Waals surface area contributed by atoms with E-state index in [1.807, 2.05) is 25.1 Å². The van der Waals surface area contributed by atoms with Crippen molar-refractivity contribution in [3.8, 4) is 0 Å². The van der Waals surface area contributed by atoms with Crippen LogP contribution in [0.15, 0.2) is 24.3 Å². The Kier molecular flexibility index (Phi) is 5.82. The fourth-order valence-corrected chi connectivity index (χ4v) is 5.27. The van der Waals surface area contributed by atoms with E-state index in [0.29, 0.717) is 5.69 Å². The Hall–Kier alpha value is -1.93. The molecular formula is C20H29N3O4S. The number of rotatable bonds is 5. The monoisotopic (exact) mass is 407 g/mol. The van der Waals surface area contributed by atoms with E-state index >= 15 is 0 Å². The maximum absolute atomic E-state index is 13.4. The highest BCUT2D eigenvalue weighted by atomic mass is 32.2. The lowest BCUT2D eigenvalue weighted by molar-refractivity contribution is -0.133. The zero-order valence-corrected chi connectivity index (χ0v) is 17.6. The van der Waals surface area contributed by atoms with E-state index in [1.54, 1.807) is 19.9 Å². The Morgan fingerprint density at radius 1 is 1.25 bits per heavy atom. The van der Waals surface area contributed by atoms with Gasteiger partial charge in [0.1, 0.15) is 5.54 Å². The van der Waals surface area contributed by atoms with Gasteiger partial charge in [-0.15, -0.1) is 0 Å². The van der Waals surface area contributed by atoms with Crippen LogP contribution in [0.5, 0.6) is 0 Å². The molecule has 0 spiro atoms. The molecule has 1 saturated carbocycles. The van der Waals surface area contributed by atoms with Gasteiger partial charge in [0.2, 0.25) is 21.8 Å². The zero-order valence-electron chi connectivity index (χ0n) is 16.8. The molecule has 1 aromatic rings. The van der Waals surface area contributed by atoms with Crippen molar-refractivity contribution in [2.45, 2.75) is 58.0 Å². The molecule has 2 fully saturated rings. The van der Waals surface area contributed by atoms with Crippen LogP contribution in [0, 0.1) is 6.92 Å². The molecule has 154 valence electrons. The molecule has 0 bridgehead atoms. The Morgan fingerprint density at radius 2 is 1.89 bits per heavy atom. The topological polar surface area (TPSA) is 86.8 Å². The molecule has 1 aliphatic heterocycles. The van der Waals surface area contributed by atoms with Crippen LogP contribution in [0.1, 0.15) is 45.1 Å². The number of anilines is 1. The molecule has 8 heteroatoms. The summed E-state index contributed by atoms with van der Waals surface area (Å²) in [5, 5.41) is 3.06. The van der Waals surface area contributed by atoms with E-state index in [2.05, 4.69) is 5.32 Å². The number of para-hydroxylation sites is 1. The number of aryl methyl sites for hydroxylation is 1. The third-order valence-electron chi connectivity index (χ3n) is 5.83. The van der Waals surface area contributed by atoms with Crippen molar-refractivity contribution in [3.63, 3.8) is 0 Å². The van der Waals surface area contributed by atoms with Crippen LogP contribution in [-0.2, 0) is 19.6 Å². The van der Waals surface area contributed by atoms with Crippen LogP contribution in [0.3, 0.4) is 0 Å². The summed E-state index contributed by atoms with van der Waals surface area (Å²) in [5.74, 6) is -0.793. The number of hydrogen-bond donors (Lipinski definition) is 1. The smallest absolute Gasteiger partial charge is 0.247 e. The van der Waals surface area contributed by atoms with Gasteiger partial charge in [-0.25, -0.2) is 8.42 Å². The average molecular weight is 408 g/mol. The molecule has 7 nitrogen and oxygen atoms in total. The molecule has 1 heterocycles. The molecular weight excluding hydrogens is 378 g/mol. The number of sulfonamides is 1. The number of nitrogens with one attached hydrogen (secondary N) is 1. The number of amides is 2. The summed E-state index contributed by atoms with van der Waals surface area (Å²) < 4.78 is 26.1. The minimum atomic E-state index is -3.60. The van der Waals surface area contributed by atoms with Gasteiger partial charge in [0.15, 0.2) is 0 Å². The lowest BCUT2D eigenvalue weighted by Crippen LogP contribution is -2.71. The van der Waals surface area contributed by atoms with Gasteiger partial charge >= 0.3 is 0 Å². The fourth-order valence-electron chi connectivity index (χ4n) is 4.14. The second kappa shape index (κ2) is 7.83. The largest absolute Gasteiger partial charge is 0.351 e. The lowest BCUT2D eigenvalue weighted by atomic mass is 9.93. The van der Waals surface area contributed by atoms with Gasteiger partial charge in [-0.3, -0.25) is 14.5 Å². The highest BCUT2D eigenvalue weighted by Crippen LogP contribution is 2.33. The molecule has 2 aliphatic rings.